The third kappa shape index (κ3) is 5.15. The van der Waals surface area contributed by atoms with Crippen LogP contribution in [0.1, 0.15) is 0 Å². The number of hydrogen-bond donors (Lipinski definition) is 3. The van der Waals surface area contributed by atoms with E-state index < -0.39 is 6.03 Å². The van der Waals surface area contributed by atoms with Crippen molar-refractivity contribution in [3.8, 4) is 0 Å². The molecule has 6 nitrogen and oxygen atoms in total. The number of urea groups is 1. The van der Waals surface area contributed by atoms with Gasteiger partial charge in [0.2, 0.25) is 0 Å². The van der Waals surface area contributed by atoms with Gasteiger partial charge < -0.3 is 5.73 Å². The van der Waals surface area contributed by atoms with E-state index in [-0.39, 0.29) is 0 Å². The van der Waals surface area contributed by atoms with Crippen LogP contribution >= 0.6 is 0 Å². The molecule has 4 N–H and O–H groups in total. The minimum atomic E-state index is -0.950. The van der Waals surface area contributed by atoms with Gasteiger partial charge in [-0.15, -0.1) is 0 Å². The number of carbonyl (C=O) groups is 1. The van der Waals surface area contributed by atoms with Crippen molar-refractivity contribution >= 4 is 6.03 Å². The third-order valence-electron chi connectivity index (χ3n) is 0.180. The molecule has 0 saturated carbocycles. The van der Waals surface area contributed by atoms with E-state index in [1.807, 2.05) is 0 Å². The Hall–Kier alpha value is -0.850. The predicted octanol–water partition coefficient (Wildman–Crippen LogP) is -1.01. The molecule has 0 bridgehead atoms. The maximum absolute atomic E-state index is 9.55. The number of nitrogens with one attached hydrogen (secondary N) is 1. The van der Waals surface area contributed by atoms with Crippen molar-refractivity contribution in [3.63, 3.8) is 0 Å². The van der Waals surface area contributed by atoms with Gasteiger partial charge in [-0.25, -0.2) is 10.1 Å². The minimum Gasteiger partial charge on any atom is -0.350 e. The third-order valence-corrected chi connectivity index (χ3v) is 0.180. The maximum Gasteiger partial charge on any atom is 0.338 e. The summed E-state index contributed by atoms with van der Waals surface area (Å²) in [4.78, 5) is 13.0. The summed E-state index contributed by atoms with van der Waals surface area (Å²) in [6.45, 7) is 0. The smallest absolute Gasteiger partial charge is 0.338 e. The second-order valence-electron chi connectivity index (χ2n) is 0.624. The molecule has 0 aromatic heterocycles. The highest BCUT2D eigenvalue weighted by molar-refractivity contribution is 5.70. The molecule has 0 aliphatic rings. The molecule has 6 heteroatoms. The van der Waals surface area contributed by atoms with Crippen LogP contribution in [0.4, 0.5) is 4.79 Å². The number of hydrogen-bond acceptors (Lipinski definition) is 4. The van der Waals surface area contributed by atoms with Gasteiger partial charge in [-0.1, -0.05) is 4.99 Å². The molecule has 0 radical (unpaired) electrons. The lowest BCUT2D eigenvalue weighted by Gasteiger charge is -1.91. The Morgan fingerprint density at radius 1 is 1.86 bits per heavy atom. The number of rotatable bonds is 2. The average molecular weight is 108 g/mol. The quantitative estimate of drug-likeness (QED) is 0.312. The molecular formula is CH4N2O4. The zero-order valence-electron chi connectivity index (χ0n) is 3.25. The highest BCUT2D eigenvalue weighted by atomic mass is 17.5. The topological polar surface area (TPSA) is 93.8 Å². The second-order valence-corrected chi connectivity index (χ2v) is 0.624. The zero-order chi connectivity index (χ0) is 5.70. The molecule has 0 unspecified atom stereocenters. The minimum absolute atomic E-state index is 0.950. The Labute approximate surface area is 38.6 Å². The zero-order valence-corrected chi connectivity index (χ0v) is 3.25. The average Bonchev–Trinajstić information content (AvgIpc) is 1.61. The van der Waals surface area contributed by atoms with Crippen molar-refractivity contribution in [2.75, 3.05) is 0 Å². The van der Waals surface area contributed by atoms with Crippen LogP contribution < -0.4 is 11.2 Å². The van der Waals surface area contributed by atoms with Crippen LogP contribution in [0.3, 0.4) is 0 Å². The first-order valence-electron chi connectivity index (χ1n) is 1.30. The van der Waals surface area contributed by atoms with Gasteiger partial charge in [0.25, 0.3) is 0 Å². The second kappa shape index (κ2) is 3.34. The molecule has 0 heterocycles. The highest BCUT2D eigenvalue weighted by Gasteiger charge is 1.85. The first-order chi connectivity index (χ1) is 3.27. The number of nitrogens with two attached hydrogens (primary N) is 1. The lowest BCUT2D eigenvalue weighted by molar-refractivity contribution is -0.507. The molecular weight excluding hydrogens is 104 g/mol. The Kier molecular flexibility index (Phi) is 2.94. The van der Waals surface area contributed by atoms with Gasteiger partial charge in [0.05, 0.1) is 0 Å². The standard InChI is InChI=1S/CH4N2O4/c2-1(4)3-6-7-5/h5H,(H3,2,3,4). The van der Waals surface area contributed by atoms with E-state index in [0.717, 1.165) is 0 Å². The molecule has 0 atom stereocenters. The molecule has 0 aromatic carbocycles. The number of hydroxylamine groups is 1. The SMILES string of the molecule is NC(=O)NOOO. The molecule has 0 fully saturated rings. The van der Waals surface area contributed by atoms with E-state index in [1.54, 1.807) is 0 Å². The summed E-state index contributed by atoms with van der Waals surface area (Å²) < 4.78 is 0. The normalized spacial score (nSPS) is 8.14. The van der Waals surface area contributed by atoms with E-state index in [4.69, 9.17) is 5.26 Å². The molecule has 0 spiro atoms. The fourth-order valence-electron chi connectivity index (χ4n) is 0.0597. The lowest BCUT2D eigenvalue weighted by atomic mass is 11.2. The highest BCUT2D eigenvalue weighted by Crippen LogP contribution is 1.59. The van der Waals surface area contributed by atoms with Crippen molar-refractivity contribution in [1.82, 2.24) is 5.48 Å². The van der Waals surface area contributed by atoms with Gasteiger partial charge in [-0.3, -0.25) is 0 Å². The molecule has 7 heavy (non-hydrogen) atoms. The van der Waals surface area contributed by atoms with Gasteiger partial charge in [0, 0.05) is 0 Å². The van der Waals surface area contributed by atoms with Crippen LogP contribution in [-0.4, -0.2) is 11.3 Å². The fourth-order valence-corrected chi connectivity index (χ4v) is 0.0597. The molecule has 0 aliphatic carbocycles. The number of amides is 2. The van der Waals surface area contributed by atoms with E-state index in [2.05, 4.69) is 15.8 Å². The number of primary amides is 1. The number of carbonyl (C=O) groups excluding carboxylic acids is 1. The van der Waals surface area contributed by atoms with Gasteiger partial charge in [-0.05, 0) is 5.04 Å². The van der Waals surface area contributed by atoms with Crippen LogP contribution in [0.2, 0.25) is 0 Å². The summed E-state index contributed by atoms with van der Waals surface area (Å²) in [5.41, 5.74) is 5.87. The van der Waals surface area contributed by atoms with Crippen LogP contribution in [0, 0.1) is 0 Å². The van der Waals surface area contributed by atoms with Crippen molar-refractivity contribution in [2.24, 2.45) is 5.73 Å². The van der Waals surface area contributed by atoms with Gasteiger partial charge in [-0.2, -0.15) is 5.48 Å². The first kappa shape index (κ1) is 6.15. The molecule has 0 aliphatic heterocycles. The largest absolute Gasteiger partial charge is 0.350 e. The Bertz CT molecular complexity index is 62.7. The Balaban J connectivity index is 2.82. The van der Waals surface area contributed by atoms with Crippen LogP contribution in [0.15, 0.2) is 0 Å². The molecule has 0 saturated heterocycles. The summed E-state index contributed by atoms with van der Waals surface area (Å²) in [7, 11) is 0. The summed E-state index contributed by atoms with van der Waals surface area (Å²) in [6.07, 6.45) is 0. The predicted molar refractivity (Wildman–Crippen MR) is 17.5 cm³/mol. The first-order valence-corrected chi connectivity index (χ1v) is 1.30. The van der Waals surface area contributed by atoms with E-state index in [1.165, 1.54) is 5.48 Å². The monoisotopic (exact) mass is 108 g/mol. The van der Waals surface area contributed by atoms with Crippen LogP contribution in [0.25, 0.3) is 0 Å². The van der Waals surface area contributed by atoms with Crippen molar-refractivity contribution in [1.29, 1.82) is 0 Å². The van der Waals surface area contributed by atoms with Crippen LogP contribution in [0.5, 0.6) is 0 Å². The maximum atomic E-state index is 9.55. The summed E-state index contributed by atoms with van der Waals surface area (Å²) in [5, 5.41) is 10.3. The van der Waals surface area contributed by atoms with Crippen molar-refractivity contribution in [2.45, 2.75) is 0 Å². The van der Waals surface area contributed by atoms with Gasteiger partial charge in [0.1, 0.15) is 0 Å². The van der Waals surface area contributed by atoms with E-state index in [0.29, 0.717) is 0 Å². The molecule has 42 valence electrons. The lowest BCUT2D eigenvalue weighted by Crippen LogP contribution is -2.28. The summed E-state index contributed by atoms with van der Waals surface area (Å²) in [6, 6.07) is -0.950. The molecule has 0 rings (SSSR count). The van der Waals surface area contributed by atoms with Crippen LogP contribution in [-0.2, 0) is 10.0 Å². The van der Waals surface area contributed by atoms with E-state index >= 15 is 0 Å². The summed E-state index contributed by atoms with van der Waals surface area (Å²) in [5.74, 6) is 0. The van der Waals surface area contributed by atoms with Gasteiger partial charge in [0.15, 0.2) is 0 Å². The summed E-state index contributed by atoms with van der Waals surface area (Å²) >= 11 is 0. The van der Waals surface area contributed by atoms with Crippen molar-refractivity contribution < 1.29 is 20.1 Å². The molecule has 2 amide bonds. The Morgan fingerprint density at radius 2 is 2.43 bits per heavy atom. The molecule has 0 aromatic rings. The van der Waals surface area contributed by atoms with Crippen molar-refractivity contribution in [3.05, 3.63) is 0 Å². The van der Waals surface area contributed by atoms with Gasteiger partial charge >= 0.3 is 6.03 Å². The Morgan fingerprint density at radius 3 is 2.57 bits per heavy atom. The van der Waals surface area contributed by atoms with E-state index in [9.17, 15) is 4.79 Å². The fraction of sp³-hybridized carbons (Fsp3) is 0.